The van der Waals surface area contributed by atoms with Crippen LogP contribution in [-0.2, 0) is 6.42 Å². The van der Waals surface area contributed by atoms with Crippen molar-refractivity contribution >= 4 is 38.7 Å². The van der Waals surface area contributed by atoms with E-state index >= 15 is 0 Å². The average molecular weight is 288 g/mol. The summed E-state index contributed by atoms with van der Waals surface area (Å²) in [6.07, 6.45) is 0.363. The summed E-state index contributed by atoms with van der Waals surface area (Å²) in [6.45, 7) is 3.81. The monoisotopic (exact) mass is 288 g/mol. The molecule has 0 aliphatic heterocycles. The first-order chi connectivity index (χ1) is 9.13. The van der Waals surface area contributed by atoms with Crippen molar-refractivity contribution in [1.29, 1.82) is 0 Å². The second-order valence-electron chi connectivity index (χ2n) is 4.32. The molecule has 0 N–H and O–H groups in total. The molecule has 3 rings (SSSR count). The van der Waals surface area contributed by atoms with Crippen LogP contribution in [0, 0.1) is 13.8 Å². The van der Waals surface area contributed by atoms with E-state index < -0.39 is 0 Å². The van der Waals surface area contributed by atoms with Crippen LogP contribution in [0.3, 0.4) is 0 Å². The maximum atomic E-state index is 12.3. The van der Waals surface area contributed by atoms with E-state index in [-0.39, 0.29) is 5.78 Å². The van der Waals surface area contributed by atoms with Crippen LogP contribution in [0.2, 0.25) is 0 Å². The van der Waals surface area contributed by atoms with Crippen molar-refractivity contribution in [2.75, 3.05) is 0 Å². The van der Waals surface area contributed by atoms with Crippen LogP contribution in [0.1, 0.15) is 25.4 Å². The van der Waals surface area contributed by atoms with E-state index in [0.717, 1.165) is 30.8 Å². The van der Waals surface area contributed by atoms with Gasteiger partial charge in [-0.3, -0.25) is 4.79 Å². The Labute approximate surface area is 119 Å². The number of aromatic nitrogens is 2. The summed E-state index contributed by atoms with van der Waals surface area (Å²) in [4.78, 5) is 21.8. The predicted molar refractivity (Wildman–Crippen MR) is 79.2 cm³/mol. The second-order valence-corrected chi connectivity index (χ2v) is 6.64. The Morgan fingerprint density at radius 2 is 1.95 bits per heavy atom. The number of aryl methyl sites for hydroxylation is 2. The van der Waals surface area contributed by atoms with Gasteiger partial charge in [0.1, 0.15) is 5.01 Å². The van der Waals surface area contributed by atoms with Crippen LogP contribution < -0.4 is 0 Å². The Kier molecular flexibility index (Phi) is 3.16. The van der Waals surface area contributed by atoms with Crippen molar-refractivity contribution in [1.82, 2.24) is 9.97 Å². The molecule has 0 bridgehead atoms. The molecule has 2 heterocycles. The van der Waals surface area contributed by atoms with Crippen LogP contribution in [0.25, 0.3) is 10.2 Å². The lowest BCUT2D eigenvalue weighted by Crippen LogP contribution is -2.02. The second kappa shape index (κ2) is 4.83. The summed E-state index contributed by atoms with van der Waals surface area (Å²) < 4.78 is 1.13. The van der Waals surface area contributed by atoms with E-state index in [1.807, 2.05) is 38.1 Å². The number of nitrogens with zero attached hydrogens (tertiary/aromatic N) is 2. The zero-order chi connectivity index (χ0) is 13.4. The van der Waals surface area contributed by atoms with Gasteiger partial charge in [-0.2, -0.15) is 0 Å². The SMILES string of the molecule is Cc1nc(C)c(C(=O)Cc2nc3ccccc3s2)s1. The molecule has 0 radical (unpaired) electrons. The molecule has 0 unspecified atom stereocenters. The molecule has 0 saturated heterocycles. The first-order valence-corrected chi connectivity index (χ1v) is 7.58. The standard InChI is InChI=1S/C14H12N2OS2/c1-8-14(18-9(2)15-8)11(17)7-13-16-10-5-3-4-6-12(10)19-13/h3-6H,7H2,1-2H3. The third-order valence-corrected chi connectivity index (χ3v) is 4.96. The Bertz CT molecular complexity index is 725. The first-order valence-electron chi connectivity index (χ1n) is 5.95. The summed E-state index contributed by atoms with van der Waals surface area (Å²) in [5.74, 6) is 0.113. The number of benzene rings is 1. The normalized spacial score (nSPS) is 11.1. The van der Waals surface area contributed by atoms with Crippen LogP contribution in [-0.4, -0.2) is 15.8 Å². The Morgan fingerprint density at radius 3 is 2.63 bits per heavy atom. The number of Topliss-reactive ketones (excluding diaryl/α,β-unsaturated/α-hetero) is 1. The minimum Gasteiger partial charge on any atom is -0.293 e. The predicted octanol–water partition coefficient (Wildman–Crippen LogP) is 3.80. The number of thiazole rings is 2. The van der Waals surface area contributed by atoms with E-state index in [4.69, 9.17) is 0 Å². The number of hydrogen-bond donors (Lipinski definition) is 0. The molecule has 0 spiro atoms. The maximum Gasteiger partial charge on any atom is 0.181 e. The van der Waals surface area contributed by atoms with E-state index in [0.29, 0.717) is 6.42 Å². The van der Waals surface area contributed by atoms with Gasteiger partial charge in [0, 0.05) is 0 Å². The van der Waals surface area contributed by atoms with Gasteiger partial charge in [-0.05, 0) is 26.0 Å². The third kappa shape index (κ3) is 2.43. The molecular formula is C14H12N2OS2. The number of fused-ring (bicyclic) bond motifs is 1. The Hall–Kier alpha value is -1.59. The lowest BCUT2D eigenvalue weighted by molar-refractivity contribution is 0.0996. The number of ketones is 1. The van der Waals surface area contributed by atoms with E-state index in [2.05, 4.69) is 9.97 Å². The van der Waals surface area contributed by atoms with Gasteiger partial charge in [-0.25, -0.2) is 9.97 Å². The molecule has 0 amide bonds. The van der Waals surface area contributed by atoms with Gasteiger partial charge in [0.25, 0.3) is 0 Å². The van der Waals surface area contributed by atoms with Gasteiger partial charge in [0.05, 0.1) is 32.2 Å². The minimum absolute atomic E-state index is 0.113. The lowest BCUT2D eigenvalue weighted by atomic mass is 10.2. The van der Waals surface area contributed by atoms with Crippen molar-refractivity contribution in [3.8, 4) is 0 Å². The van der Waals surface area contributed by atoms with Gasteiger partial charge in [0.2, 0.25) is 0 Å². The molecule has 0 saturated carbocycles. The molecule has 0 aliphatic rings. The summed E-state index contributed by atoms with van der Waals surface area (Å²) in [5, 5.41) is 1.81. The highest BCUT2D eigenvalue weighted by molar-refractivity contribution is 7.18. The lowest BCUT2D eigenvalue weighted by Gasteiger charge is -1.94. The van der Waals surface area contributed by atoms with Crippen molar-refractivity contribution in [2.24, 2.45) is 0 Å². The molecule has 0 atom stereocenters. The van der Waals surface area contributed by atoms with Crippen LogP contribution in [0.5, 0.6) is 0 Å². The number of carbonyl (C=O) groups is 1. The van der Waals surface area contributed by atoms with Crippen LogP contribution >= 0.6 is 22.7 Å². The fourth-order valence-corrected chi connectivity index (χ4v) is 3.83. The van der Waals surface area contributed by atoms with Crippen molar-refractivity contribution in [3.05, 3.63) is 44.9 Å². The van der Waals surface area contributed by atoms with Crippen LogP contribution in [0.4, 0.5) is 0 Å². The number of para-hydroxylation sites is 1. The molecule has 0 fully saturated rings. The fraction of sp³-hybridized carbons (Fsp3) is 0.214. The van der Waals surface area contributed by atoms with Gasteiger partial charge < -0.3 is 0 Å². The zero-order valence-corrected chi connectivity index (χ0v) is 12.3. The number of hydrogen-bond acceptors (Lipinski definition) is 5. The number of rotatable bonds is 3. The molecule has 2 aromatic heterocycles. The third-order valence-electron chi connectivity index (χ3n) is 2.81. The minimum atomic E-state index is 0.113. The largest absolute Gasteiger partial charge is 0.293 e. The smallest absolute Gasteiger partial charge is 0.181 e. The first kappa shape index (κ1) is 12.4. The molecule has 19 heavy (non-hydrogen) atoms. The molecule has 3 nitrogen and oxygen atoms in total. The van der Waals surface area contributed by atoms with Gasteiger partial charge >= 0.3 is 0 Å². The van der Waals surface area contributed by atoms with E-state index in [1.165, 1.54) is 11.3 Å². The number of carbonyl (C=O) groups excluding carboxylic acids is 1. The summed E-state index contributed by atoms with van der Waals surface area (Å²) in [6, 6.07) is 7.96. The molecule has 3 aromatic rings. The summed E-state index contributed by atoms with van der Waals surface area (Å²) >= 11 is 3.05. The van der Waals surface area contributed by atoms with E-state index in [1.54, 1.807) is 11.3 Å². The van der Waals surface area contributed by atoms with Gasteiger partial charge in [0.15, 0.2) is 5.78 Å². The van der Waals surface area contributed by atoms with E-state index in [9.17, 15) is 4.79 Å². The zero-order valence-electron chi connectivity index (χ0n) is 10.6. The summed E-state index contributed by atoms with van der Waals surface area (Å²) in [5.41, 5.74) is 1.79. The van der Waals surface area contributed by atoms with Gasteiger partial charge in [-0.1, -0.05) is 12.1 Å². The van der Waals surface area contributed by atoms with Crippen molar-refractivity contribution < 1.29 is 4.79 Å². The molecular weight excluding hydrogens is 276 g/mol. The molecule has 96 valence electrons. The van der Waals surface area contributed by atoms with Crippen molar-refractivity contribution in [2.45, 2.75) is 20.3 Å². The average Bonchev–Trinajstić information content (AvgIpc) is 2.91. The highest BCUT2D eigenvalue weighted by Crippen LogP contribution is 2.24. The highest BCUT2D eigenvalue weighted by Gasteiger charge is 2.16. The molecule has 0 aliphatic carbocycles. The van der Waals surface area contributed by atoms with Gasteiger partial charge in [-0.15, -0.1) is 22.7 Å². The fourth-order valence-electron chi connectivity index (χ4n) is 2.00. The molecule has 5 heteroatoms. The molecule has 1 aromatic carbocycles. The quantitative estimate of drug-likeness (QED) is 0.689. The van der Waals surface area contributed by atoms with Crippen molar-refractivity contribution in [3.63, 3.8) is 0 Å². The Morgan fingerprint density at radius 1 is 1.16 bits per heavy atom. The maximum absolute atomic E-state index is 12.3. The van der Waals surface area contributed by atoms with Crippen LogP contribution in [0.15, 0.2) is 24.3 Å². The summed E-state index contributed by atoms with van der Waals surface area (Å²) in [7, 11) is 0. The Balaban J connectivity index is 1.88. The topological polar surface area (TPSA) is 42.9 Å². The highest BCUT2D eigenvalue weighted by atomic mass is 32.1.